The highest BCUT2D eigenvalue weighted by Crippen LogP contribution is 2.38. The van der Waals surface area contributed by atoms with E-state index in [0.29, 0.717) is 24.9 Å². The van der Waals surface area contributed by atoms with Crippen LogP contribution in [0.3, 0.4) is 0 Å². The molecule has 1 aromatic carbocycles. The van der Waals surface area contributed by atoms with Crippen LogP contribution in [0.1, 0.15) is 5.56 Å². The van der Waals surface area contributed by atoms with Crippen LogP contribution in [0, 0.1) is 11.8 Å². The highest BCUT2D eigenvalue weighted by Gasteiger charge is 2.33. The largest absolute Gasteiger partial charge is 0.493 e. The van der Waals surface area contributed by atoms with Crippen LogP contribution in [0.15, 0.2) is 12.1 Å². The van der Waals surface area contributed by atoms with Gasteiger partial charge in [-0.2, -0.15) is 0 Å². The predicted octanol–water partition coefficient (Wildman–Crippen LogP) is 1.78. The topological polar surface area (TPSA) is 63.7 Å². The molecule has 1 aromatic heterocycles. The van der Waals surface area contributed by atoms with Gasteiger partial charge in [-0.15, -0.1) is 0 Å². The van der Waals surface area contributed by atoms with Crippen LogP contribution >= 0.6 is 11.3 Å². The van der Waals surface area contributed by atoms with E-state index in [0.717, 1.165) is 28.0 Å². The van der Waals surface area contributed by atoms with Crippen molar-refractivity contribution in [3.8, 4) is 17.6 Å². The lowest BCUT2D eigenvalue weighted by Gasteiger charge is -2.14. The highest BCUT2D eigenvalue weighted by molar-refractivity contribution is 7.22. The Labute approximate surface area is 137 Å². The van der Waals surface area contributed by atoms with Crippen LogP contribution in [0.25, 0.3) is 10.2 Å². The minimum absolute atomic E-state index is 0.159. The molecule has 2 amide bonds. The number of anilines is 1. The molecular formula is C16H15N3O3S. The van der Waals surface area contributed by atoms with Crippen LogP contribution in [-0.2, 0) is 11.2 Å². The number of carbonyl (C=O) groups is 1. The summed E-state index contributed by atoms with van der Waals surface area (Å²) in [5.41, 5.74) is 2.06. The Morgan fingerprint density at radius 1 is 1.57 bits per heavy atom. The fourth-order valence-corrected chi connectivity index (χ4v) is 3.87. The first-order valence-corrected chi connectivity index (χ1v) is 8.19. The van der Waals surface area contributed by atoms with Gasteiger partial charge < -0.3 is 14.8 Å². The third kappa shape index (κ3) is 2.40. The monoisotopic (exact) mass is 329 g/mol. The number of ether oxygens (including phenoxy) is 2. The average molecular weight is 329 g/mol. The maximum Gasteiger partial charge on any atom is 0.324 e. The van der Waals surface area contributed by atoms with Crippen molar-refractivity contribution >= 4 is 32.7 Å². The van der Waals surface area contributed by atoms with Gasteiger partial charge in [-0.05, 0) is 12.1 Å². The minimum atomic E-state index is -0.220. The number of fused-ring (bicyclic) bond motifs is 3. The molecule has 0 saturated carbocycles. The molecule has 2 aromatic rings. The normalized spacial score (nSPS) is 19.3. The Morgan fingerprint density at radius 2 is 2.48 bits per heavy atom. The second kappa shape index (κ2) is 5.72. The van der Waals surface area contributed by atoms with Gasteiger partial charge in [0.1, 0.15) is 18.4 Å². The van der Waals surface area contributed by atoms with Gasteiger partial charge in [0.15, 0.2) is 5.13 Å². The van der Waals surface area contributed by atoms with E-state index < -0.39 is 0 Å². The molecule has 4 rings (SSSR count). The molecule has 1 atom stereocenters. The van der Waals surface area contributed by atoms with Gasteiger partial charge in [-0.3, -0.25) is 4.90 Å². The van der Waals surface area contributed by atoms with E-state index in [4.69, 9.17) is 14.5 Å². The van der Waals surface area contributed by atoms with Crippen molar-refractivity contribution in [1.29, 1.82) is 0 Å². The van der Waals surface area contributed by atoms with Crippen LogP contribution in [0.4, 0.5) is 9.93 Å². The molecule has 1 saturated heterocycles. The van der Waals surface area contributed by atoms with Gasteiger partial charge >= 0.3 is 6.03 Å². The summed E-state index contributed by atoms with van der Waals surface area (Å²) in [6, 6.07) is 3.60. The minimum Gasteiger partial charge on any atom is -0.493 e. The number of benzene rings is 1. The smallest absolute Gasteiger partial charge is 0.324 e. The highest BCUT2D eigenvalue weighted by atomic mass is 32.1. The van der Waals surface area contributed by atoms with Crippen molar-refractivity contribution in [2.45, 2.75) is 12.5 Å². The number of nitrogens with zero attached hydrogens (tertiary/aromatic N) is 2. The van der Waals surface area contributed by atoms with Crippen LogP contribution in [0.2, 0.25) is 0 Å². The Balaban J connectivity index is 1.73. The zero-order valence-electron chi connectivity index (χ0n) is 12.6. The first-order valence-electron chi connectivity index (χ1n) is 7.37. The second-order valence-electron chi connectivity index (χ2n) is 5.31. The molecule has 0 spiro atoms. The lowest BCUT2D eigenvalue weighted by molar-refractivity contribution is 0.239. The van der Waals surface area contributed by atoms with Crippen LogP contribution < -0.4 is 15.0 Å². The summed E-state index contributed by atoms with van der Waals surface area (Å²) < 4.78 is 11.6. The van der Waals surface area contributed by atoms with E-state index in [-0.39, 0.29) is 12.1 Å². The molecule has 3 heterocycles. The van der Waals surface area contributed by atoms with E-state index in [1.165, 1.54) is 11.3 Å². The summed E-state index contributed by atoms with van der Waals surface area (Å²) in [5.74, 6) is 6.89. The van der Waals surface area contributed by atoms with E-state index >= 15 is 0 Å². The van der Waals surface area contributed by atoms with Crippen molar-refractivity contribution in [1.82, 2.24) is 10.3 Å². The predicted molar refractivity (Wildman–Crippen MR) is 88.1 cm³/mol. The Morgan fingerprint density at radius 3 is 3.35 bits per heavy atom. The van der Waals surface area contributed by atoms with Gasteiger partial charge in [0.05, 0.1) is 23.4 Å². The number of hydrogen-bond donors (Lipinski definition) is 1. The molecule has 0 bridgehead atoms. The fourth-order valence-electron chi connectivity index (χ4n) is 2.83. The summed E-state index contributed by atoms with van der Waals surface area (Å²) in [5, 5.41) is 3.50. The van der Waals surface area contributed by atoms with E-state index in [2.05, 4.69) is 17.2 Å². The van der Waals surface area contributed by atoms with Crippen LogP contribution in [-0.4, -0.2) is 43.9 Å². The van der Waals surface area contributed by atoms with Gasteiger partial charge in [-0.1, -0.05) is 23.2 Å². The number of aromatic nitrogens is 1. The maximum absolute atomic E-state index is 12.2. The van der Waals surface area contributed by atoms with Gasteiger partial charge in [-0.25, -0.2) is 9.78 Å². The fraction of sp³-hybridized carbons (Fsp3) is 0.375. The number of carbonyl (C=O) groups excluding carboxylic acids is 1. The average Bonchev–Trinajstić information content (AvgIpc) is 3.23. The number of hydrogen-bond acceptors (Lipinski definition) is 5. The van der Waals surface area contributed by atoms with E-state index in [1.807, 2.05) is 12.1 Å². The molecule has 23 heavy (non-hydrogen) atoms. The zero-order valence-corrected chi connectivity index (χ0v) is 13.4. The molecule has 2 aliphatic rings. The van der Waals surface area contributed by atoms with Crippen molar-refractivity contribution in [3.63, 3.8) is 0 Å². The first-order chi connectivity index (χ1) is 11.3. The SMILES string of the molecule is COCC#CC1CNC(=O)N1c1nc2c3c(ccc2s1)OCC3. The third-order valence-corrected chi connectivity index (χ3v) is 4.91. The standard InChI is InChI=1S/C16H15N3O3S/c1-21-7-2-3-10-9-17-15(20)19(10)16-18-14-11-6-8-22-12(11)4-5-13(14)23-16/h4-5,10H,6-9H2,1H3,(H,17,20). The lowest BCUT2D eigenvalue weighted by Crippen LogP contribution is -2.33. The van der Waals surface area contributed by atoms with Crippen LogP contribution in [0.5, 0.6) is 5.75 Å². The summed E-state index contributed by atoms with van der Waals surface area (Å²) in [6.45, 7) is 1.53. The zero-order chi connectivity index (χ0) is 15.8. The number of thiazole rings is 1. The Hall–Kier alpha value is -2.30. The second-order valence-corrected chi connectivity index (χ2v) is 6.32. The summed E-state index contributed by atoms with van der Waals surface area (Å²) in [4.78, 5) is 18.5. The lowest BCUT2D eigenvalue weighted by atomic mass is 10.1. The van der Waals surface area contributed by atoms with Crippen molar-refractivity contribution in [3.05, 3.63) is 17.7 Å². The molecule has 2 aliphatic heterocycles. The number of urea groups is 1. The van der Waals surface area contributed by atoms with E-state index in [9.17, 15) is 4.79 Å². The Kier molecular flexibility index (Phi) is 3.56. The quantitative estimate of drug-likeness (QED) is 0.853. The molecular weight excluding hydrogens is 314 g/mol. The molecule has 6 nitrogen and oxygen atoms in total. The first kappa shape index (κ1) is 14.3. The molecule has 1 unspecified atom stereocenters. The Bertz CT molecular complexity index is 836. The molecule has 1 fully saturated rings. The maximum atomic E-state index is 12.2. The van der Waals surface area contributed by atoms with Gasteiger partial charge in [0.2, 0.25) is 0 Å². The van der Waals surface area contributed by atoms with Gasteiger partial charge in [0.25, 0.3) is 0 Å². The third-order valence-electron chi connectivity index (χ3n) is 3.89. The molecule has 118 valence electrons. The number of rotatable bonds is 2. The molecule has 1 N–H and O–H groups in total. The van der Waals surface area contributed by atoms with Crippen molar-refractivity contribution in [2.75, 3.05) is 31.8 Å². The number of nitrogens with one attached hydrogen (secondary N) is 1. The number of amides is 2. The number of methoxy groups -OCH3 is 1. The molecule has 0 radical (unpaired) electrons. The molecule has 7 heteroatoms. The summed E-state index contributed by atoms with van der Waals surface area (Å²) in [7, 11) is 1.60. The van der Waals surface area contributed by atoms with E-state index in [1.54, 1.807) is 12.0 Å². The van der Waals surface area contributed by atoms with Crippen molar-refractivity contribution in [2.24, 2.45) is 0 Å². The summed E-state index contributed by atoms with van der Waals surface area (Å²) in [6.07, 6.45) is 0.860. The summed E-state index contributed by atoms with van der Waals surface area (Å²) >= 11 is 1.51. The van der Waals surface area contributed by atoms with Gasteiger partial charge in [0, 0.05) is 19.1 Å². The molecule has 0 aliphatic carbocycles. The van der Waals surface area contributed by atoms with Crippen molar-refractivity contribution < 1.29 is 14.3 Å².